The molecule has 2 heterocycles. The third-order valence-corrected chi connectivity index (χ3v) is 6.09. The number of hydrogen-bond acceptors (Lipinski definition) is 3. The summed E-state index contributed by atoms with van der Waals surface area (Å²) in [6.07, 6.45) is 3.01. The number of fused-ring (bicyclic) bond motifs is 1. The lowest BCUT2D eigenvalue weighted by Crippen LogP contribution is -2.42. The van der Waals surface area contributed by atoms with Crippen LogP contribution >= 0.6 is 11.6 Å². The van der Waals surface area contributed by atoms with Gasteiger partial charge in [-0.05, 0) is 67.6 Å². The lowest BCUT2D eigenvalue weighted by Gasteiger charge is -2.32. The van der Waals surface area contributed by atoms with E-state index in [1.807, 2.05) is 36.4 Å². The quantitative estimate of drug-likeness (QED) is 0.829. The first-order chi connectivity index (χ1) is 13.7. The number of rotatable bonds is 5. The number of carbonyl (C=O) groups excluding carboxylic acids is 1. The second-order valence-electron chi connectivity index (χ2n) is 7.91. The fraction of sp³-hybridized carbons (Fsp3) is 0.435. The summed E-state index contributed by atoms with van der Waals surface area (Å²) in [5.41, 5.74) is 2.43. The van der Waals surface area contributed by atoms with E-state index >= 15 is 0 Å². The van der Waals surface area contributed by atoms with Gasteiger partial charge in [0.25, 0.3) is 0 Å². The van der Waals surface area contributed by atoms with E-state index in [1.165, 1.54) is 5.56 Å². The third-order valence-electron chi connectivity index (χ3n) is 5.84. The van der Waals surface area contributed by atoms with Crippen molar-refractivity contribution in [2.75, 3.05) is 26.2 Å². The number of halogens is 1. The van der Waals surface area contributed by atoms with E-state index in [1.54, 1.807) is 0 Å². The molecule has 2 aliphatic rings. The highest BCUT2D eigenvalue weighted by molar-refractivity contribution is 6.30. The molecule has 1 saturated heterocycles. The van der Waals surface area contributed by atoms with E-state index in [2.05, 4.69) is 22.3 Å². The van der Waals surface area contributed by atoms with Crippen LogP contribution in [0.5, 0.6) is 5.75 Å². The predicted molar refractivity (Wildman–Crippen MR) is 112 cm³/mol. The van der Waals surface area contributed by atoms with Crippen LogP contribution in [-0.2, 0) is 17.8 Å². The molecule has 0 saturated carbocycles. The smallest absolute Gasteiger partial charge is 0.226 e. The SMILES string of the molecule is O=C(NCC1CCN(Cc2ccc(Cl)cc2)CC1)C1COc2ccccc2C1. The molecule has 0 spiro atoms. The van der Waals surface area contributed by atoms with Gasteiger partial charge in [-0.1, -0.05) is 41.9 Å². The normalized spacial score (nSPS) is 20.2. The maximum Gasteiger partial charge on any atom is 0.226 e. The maximum absolute atomic E-state index is 12.6. The summed E-state index contributed by atoms with van der Waals surface area (Å²) in [6, 6.07) is 16.1. The molecule has 2 aromatic carbocycles. The van der Waals surface area contributed by atoms with Gasteiger partial charge < -0.3 is 10.1 Å². The summed E-state index contributed by atoms with van der Waals surface area (Å²) in [6.45, 7) is 4.36. The molecule has 0 aliphatic carbocycles. The van der Waals surface area contributed by atoms with Gasteiger partial charge in [0, 0.05) is 18.1 Å². The zero-order valence-corrected chi connectivity index (χ0v) is 16.8. The minimum absolute atomic E-state index is 0.0834. The van der Waals surface area contributed by atoms with Crippen LogP contribution in [0, 0.1) is 11.8 Å². The van der Waals surface area contributed by atoms with Gasteiger partial charge in [0.05, 0.1) is 5.92 Å². The van der Waals surface area contributed by atoms with Gasteiger partial charge in [0.1, 0.15) is 12.4 Å². The van der Waals surface area contributed by atoms with Crippen molar-refractivity contribution in [1.82, 2.24) is 10.2 Å². The molecule has 4 nitrogen and oxygen atoms in total. The van der Waals surface area contributed by atoms with Crippen LogP contribution in [-0.4, -0.2) is 37.0 Å². The minimum Gasteiger partial charge on any atom is -0.492 e. The number of nitrogens with zero attached hydrogens (tertiary/aromatic N) is 1. The third kappa shape index (κ3) is 4.86. The van der Waals surface area contributed by atoms with Gasteiger partial charge in [-0.3, -0.25) is 9.69 Å². The molecule has 1 fully saturated rings. The number of para-hydroxylation sites is 1. The standard InChI is InChI=1S/C23H27ClN2O2/c24-21-7-5-18(6-8-21)15-26-11-9-17(10-12-26)14-25-23(27)20-13-19-3-1-2-4-22(19)28-16-20/h1-8,17,20H,9-16H2,(H,25,27). The number of likely N-dealkylation sites (tertiary alicyclic amines) is 1. The predicted octanol–water partition coefficient (Wildman–Crippen LogP) is 3.92. The Morgan fingerprint density at radius 1 is 1.11 bits per heavy atom. The molecule has 4 rings (SSSR count). The van der Waals surface area contributed by atoms with Gasteiger partial charge in [0.15, 0.2) is 0 Å². The molecule has 2 aliphatic heterocycles. The Morgan fingerprint density at radius 2 is 1.86 bits per heavy atom. The summed E-state index contributed by atoms with van der Waals surface area (Å²) >= 11 is 5.96. The van der Waals surface area contributed by atoms with E-state index in [0.717, 1.165) is 61.8 Å². The van der Waals surface area contributed by atoms with Gasteiger partial charge >= 0.3 is 0 Å². The summed E-state index contributed by atoms with van der Waals surface area (Å²) in [7, 11) is 0. The van der Waals surface area contributed by atoms with Crippen LogP contribution in [0.3, 0.4) is 0 Å². The second-order valence-corrected chi connectivity index (χ2v) is 8.35. The van der Waals surface area contributed by atoms with Crippen molar-refractivity contribution in [2.24, 2.45) is 11.8 Å². The molecular formula is C23H27ClN2O2. The molecule has 0 aromatic heterocycles. The summed E-state index contributed by atoms with van der Waals surface area (Å²) in [5.74, 6) is 1.51. The van der Waals surface area contributed by atoms with Gasteiger partial charge in [-0.15, -0.1) is 0 Å². The molecule has 1 amide bonds. The van der Waals surface area contributed by atoms with Crippen molar-refractivity contribution in [3.63, 3.8) is 0 Å². The van der Waals surface area contributed by atoms with Crippen molar-refractivity contribution in [3.8, 4) is 5.75 Å². The molecular weight excluding hydrogens is 372 g/mol. The Morgan fingerprint density at radius 3 is 2.64 bits per heavy atom. The summed E-state index contributed by atoms with van der Waals surface area (Å²) < 4.78 is 5.75. The van der Waals surface area contributed by atoms with Crippen molar-refractivity contribution in [3.05, 3.63) is 64.7 Å². The Kier molecular flexibility index (Phi) is 6.18. The lowest BCUT2D eigenvalue weighted by atomic mass is 9.94. The van der Waals surface area contributed by atoms with Crippen LogP contribution < -0.4 is 10.1 Å². The first-order valence-electron chi connectivity index (χ1n) is 10.1. The van der Waals surface area contributed by atoms with Gasteiger partial charge in [0.2, 0.25) is 5.91 Å². The number of amides is 1. The largest absolute Gasteiger partial charge is 0.492 e. The molecule has 148 valence electrons. The minimum atomic E-state index is -0.0834. The Labute approximate surface area is 171 Å². The molecule has 1 atom stereocenters. The maximum atomic E-state index is 12.6. The summed E-state index contributed by atoms with van der Waals surface area (Å²) in [5, 5.41) is 3.95. The number of nitrogens with one attached hydrogen (secondary N) is 1. The van der Waals surface area contributed by atoms with Crippen LogP contribution in [0.2, 0.25) is 5.02 Å². The highest BCUT2D eigenvalue weighted by Crippen LogP contribution is 2.27. The van der Waals surface area contributed by atoms with Gasteiger partial charge in [-0.25, -0.2) is 0 Å². The van der Waals surface area contributed by atoms with E-state index in [4.69, 9.17) is 16.3 Å². The highest BCUT2D eigenvalue weighted by atomic mass is 35.5. The Balaban J connectivity index is 1.19. The monoisotopic (exact) mass is 398 g/mol. The fourth-order valence-electron chi connectivity index (χ4n) is 4.08. The van der Waals surface area contributed by atoms with Crippen molar-refractivity contribution in [1.29, 1.82) is 0 Å². The van der Waals surface area contributed by atoms with Gasteiger partial charge in [-0.2, -0.15) is 0 Å². The Hall–Kier alpha value is -2.04. The summed E-state index contributed by atoms with van der Waals surface area (Å²) in [4.78, 5) is 15.1. The number of piperidine rings is 1. The van der Waals surface area contributed by atoms with Crippen LogP contribution in [0.1, 0.15) is 24.0 Å². The molecule has 1 unspecified atom stereocenters. The highest BCUT2D eigenvalue weighted by Gasteiger charge is 2.27. The van der Waals surface area contributed by atoms with Crippen molar-refractivity contribution in [2.45, 2.75) is 25.8 Å². The van der Waals surface area contributed by atoms with E-state index in [-0.39, 0.29) is 11.8 Å². The lowest BCUT2D eigenvalue weighted by molar-refractivity contribution is -0.126. The van der Waals surface area contributed by atoms with E-state index in [9.17, 15) is 4.79 Å². The molecule has 5 heteroatoms. The zero-order chi connectivity index (χ0) is 19.3. The average molecular weight is 399 g/mol. The van der Waals surface area contributed by atoms with Crippen LogP contribution in [0.4, 0.5) is 0 Å². The van der Waals surface area contributed by atoms with E-state index < -0.39 is 0 Å². The molecule has 1 N–H and O–H groups in total. The fourth-order valence-corrected chi connectivity index (χ4v) is 4.21. The molecule has 0 bridgehead atoms. The number of hydrogen-bond donors (Lipinski definition) is 1. The molecule has 0 radical (unpaired) electrons. The van der Waals surface area contributed by atoms with Crippen LogP contribution in [0.25, 0.3) is 0 Å². The first-order valence-corrected chi connectivity index (χ1v) is 10.5. The number of ether oxygens (including phenoxy) is 1. The Bertz CT molecular complexity index is 801. The second kappa shape index (κ2) is 8.97. The van der Waals surface area contributed by atoms with E-state index in [0.29, 0.717) is 12.5 Å². The number of carbonyl (C=O) groups is 1. The average Bonchev–Trinajstić information content (AvgIpc) is 2.74. The van der Waals surface area contributed by atoms with Crippen molar-refractivity contribution >= 4 is 17.5 Å². The number of benzene rings is 2. The van der Waals surface area contributed by atoms with Crippen molar-refractivity contribution < 1.29 is 9.53 Å². The zero-order valence-electron chi connectivity index (χ0n) is 16.1. The molecule has 28 heavy (non-hydrogen) atoms. The topological polar surface area (TPSA) is 41.6 Å². The molecule has 2 aromatic rings. The first kappa shape index (κ1) is 19.3. The van der Waals surface area contributed by atoms with Crippen LogP contribution in [0.15, 0.2) is 48.5 Å².